The summed E-state index contributed by atoms with van der Waals surface area (Å²) < 4.78 is 54.0. The van der Waals surface area contributed by atoms with Gasteiger partial charge in [0, 0.05) is 23.9 Å². The van der Waals surface area contributed by atoms with Crippen LogP contribution in [0.5, 0.6) is 11.6 Å². The van der Waals surface area contributed by atoms with Crippen LogP contribution in [-0.2, 0) is 24.4 Å². The van der Waals surface area contributed by atoms with E-state index in [1.54, 1.807) is 19.9 Å². The maximum absolute atomic E-state index is 15.0. The van der Waals surface area contributed by atoms with Crippen LogP contribution in [0.2, 0.25) is 0 Å². The Labute approximate surface area is 308 Å². The number of carbonyl (C=O) groups is 4. The van der Waals surface area contributed by atoms with Gasteiger partial charge in [-0.05, 0) is 87.8 Å². The van der Waals surface area contributed by atoms with Crippen molar-refractivity contribution in [2.45, 2.75) is 108 Å². The van der Waals surface area contributed by atoms with Crippen LogP contribution in [0.3, 0.4) is 0 Å². The molecule has 2 aromatic rings. The molecule has 0 bridgehead atoms. The van der Waals surface area contributed by atoms with Gasteiger partial charge in [-0.15, -0.1) is 0 Å². The number of pyridine rings is 1. The number of aromatic nitrogens is 1. The first-order chi connectivity index (χ1) is 25.1. The molecule has 0 radical (unpaired) electrons. The number of hydrogen-bond donors (Lipinski definition) is 4. The molecule has 4 amide bonds. The topological polar surface area (TPSA) is 193 Å². The number of sulfonamides is 1. The Morgan fingerprint density at radius 2 is 1.94 bits per heavy atom. The summed E-state index contributed by atoms with van der Waals surface area (Å²) in [5, 5.41) is 16.0. The van der Waals surface area contributed by atoms with Crippen molar-refractivity contribution in [1.82, 2.24) is 25.2 Å². The Bertz CT molecular complexity index is 1920. The summed E-state index contributed by atoms with van der Waals surface area (Å²) in [6.07, 6.45) is 6.26. The van der Waals surface area contributed by atoms with Gasteiger partial charge in [-0.25, -0.2) is 22.6 Å². The molecule has 53 heavy (non-hydrogen) atoms. The van der Waals surface area contributed by atoms with E-state index in [2.05, 4.69) is 20.3 Å². The second kappa shape index (κ2) is 14.7. The van der Waals surface area contributed by atoms with Gasteiger partial charge >= 0.3 is 6.09 Å². The van der Waals surface area contributed by atoms with Crippen molar-refractivity contribution in [2.24, 2.45) is 17.8 Å². The molecule has 4 N–H and O–H groups in total. The second-order valence-corrected chi connectivity index (χ2v) is 17.3. The van der Waals surface area contributed by atoms with Gasteiger partial charge in [0.2, 0.25) is 27.7 Å². The summed E-state index contributed by atoms with van der Waals surface area (Å²) in [6.45, 7) is 7.32. The maximum atomic E-state index is 15.0. The fourth-order valence-electron chi connectivity index (χ4n) is 7.61. The van der Waals surface area contributed by atoms with Crippen LogP contribution < -0.4 is 24.8 Å². The van der Waals surface area contributed by atoms with Crippen molar-refractivity contribution in [2.75, 3.05) is 13.2 Å². The number of amides is 4. The molecule has 288 valence electrons. The Morgan fingerprint density at radius 3 is 2.62 bits per heavy atom. The van der Waals surface area contributed by atoms with E-state index in [1.807, 2.05) is 26.0 Å². The molecule has 4 aliphatic rings. The van der Waals surface area contributed by atoms with Crippen LogP contribution in [0.25, 0.3) is 10.8 Å². The van der Waals surface area contributed by atoms with Crippen LogP contribution in [-0.4, -0.2) is 88.8 Å². The Kier molecular flexibility index (Phi) is 10.6. The maximum Gasteiger partial charge on any atom is 0.405 e. The average molecular weight is 758 g/mol. The van der Waals surface area contributed by atoms with E-state index in [0.29, 0.717) is 42.9 Å². The number of benzene rings is 1. The molecular weight excluding hydrogens is 709 g/mol. The van der Waals surface area contributed by atoms with E-state index in [9.17, 15) is 37.1 Å². The highest BCUT2D eigenvalue weighted by atomic mass is 32.2. The summed E-state index contributed by atoms with van der Waals surface area (Å²) in [4.78, 5) is 60.3. The quantitative estimate of drug-likeness (QED) is 0.272. The highest BCUT2D eigenvalue weighted by molar-refractivity contribution is 7.91. The molecule has 3 fully saturated rings. The van der Waals surface area contributed by atoms with Crippen molar-refractivity contribution in [3.8, 4) is 11.6 Å². The van der Waals surface area contributed by atoms with Gasteiger partial charge < -0.3 is 30.1 Å². The molecule has 2 aliphatic carbocycles. The van der Waals surface area contributed by atoms with E-state index in [-0.39, 0.29) is 43.5 Å². The van der Waals surface area contributed by atoms with Gasteiger partial charge in [-0.3, -0.25) is 19.1 Å². The predicted molar refractivity (Wildman–Crippen MR) is 192 cm³/mol. The first-order valence-corrected chi connectivity index (χ1v) is 19.8. The lowest BCUT2D eigenvalue weighted by atomic mass is 9.85. The van der Waals surface area contributed by atoms with Crippen LogP contribution >= 0.6 is 0 Å². The minimum Gasteiger partial charge on any atom is -0.491 e. The minimum absolute atomic E-state index is 0.0625. The van der Waals surface area contributed by atoms with Crippen LogP contribution in [0, 0.1) is 23.6 Å². The fraction of sp³-hybridized carbons (Fsp3) is 0.595. The molecule has 14 nitrogen and oxygen atoms in total. The number of rotatable bonds is 9. The highest BCUT2D eigenvalue weighted by Gasteiger charge is 2.63. The smallest absolute Gasteiger partial charge is 0.405 e. The Morgan fingerprint density at radius 1 is 1.19 bits per heavy atom. The molecule has 6 rings (SSSR count). The van der Waals surface area contributed by atoms with Crippen LogP contribution in [0.4, 0.5) is 9.18 Å². The lowest BCUT2D eigenvalue weighted by molar-refractivity contribution is -0.142. The number of nitrogens with zero attached hydrogens (tertiary/aromatic N) is 2. The molecule has 16 heteroatoms. The number of carboxylic acid groups (broad SMARTS) is 1. The Hall–Kier alpha value is -4.47. The second-order valence-electron chi connectivity index (χ2n) is 15.1. The van der Waals surface area contributed by atoms with Crippen molar-refractivity contribution in [3.05, 3.63) is 42.4 Å². The predicted octanol–water partition coefficient (Wildman–Crippen LogP) is 4.03. The third-order valence-corrected chi connectivity index (χ3v) is 13.4. The van der Waals surface area contributed by atoms with Gasteiger partial charge in [-0.1, -0.05) is 32.4 Å². The zero-order chi connectivity index (χ0) is 38.3. The molecule has 3 heterocycles. The largest absolute Gasteiger partial charge is 0.491 e. The number of allylic oxidation sites excluding steroid dienone is 1. The third-order valence-electron chi connectivity index (χ3n) is 11.2. The van der Waals surface area contributed by atoms with Gasteiger partial charge in [0.15, 0.2) is 11.6 Å². The van der Waals surface area contributed by atoms with Gasteiger partial charge in [-0.2, -0.15) is 0 Å². The zero-order valence-corrected chi connectivity index (χ0v) is 31.2. The molecule has 2 aliphatic heterocycles. The third kappa shape index (κ3) is 7.78. The summed E-state index contributed by atoms with van der Waals surface area (Å²) in [5.74, 6) is -3.47. The van der Waals surface area contributed by atoms with E-state index in [0.717, 1.165) is 6.42 Å². The molecule has 1 saturated heterocycles. The van der Waals surface area contributed by atoms with Crippen molar-refractivity contribution < 1.29 is 46.6 Å². The summed E-state index contributed by atoms with van der Waals surface area (Å²) in [7, 11) is -4.03. The van der Waals surface area contributed by atoms with Crippen molar-refractivity contribution >= 4 is 44.6 Å². The van der Waals surface area contributed by atoms with Gasteiger partial charge in [0.05, 0.1) is 17.9 Å². The van der Waals surface area contributed by atoms with Crippen molar-refractivity contribution in [1.29, 1.82) is 0 Å². The van der Waals surface area contributed by atoms with Crippen LogP contribution in [0.15, 0.2) is 36.5 Å². The number of ether oxygens (including phenoxy) is 2. The molecule has 7 atom stereocenters. The standard InChI is InChI=1S/C37H48FN5O9S/c1-5-22-15-21(3)9-7-8-10-24-19-37(24,34(46)42-53(49,50)36(4)12-13-36)41-31(44)28-17-25(20-43(28)33(45)30(22)40-35(47)48)52-32-26-18-27(38)29(51-6-2)16-23(26)11-14-39-32/h8,10-11,14,16,18,21-22,24-25,28,30,40H,5-7,9,12-13,15,17,19-20H2,1-4H3,(H,41,44)(H,42,46)(H,47,48)/b10-8-/t21-,22-,24-,25-,28+,30+,37-/m1/s1. The van der Waals surface area contributed by atoms with Gasteiger partial charge in [0.1, 0.15) is 23.7 Å². The summed E-state index contributed by atoms with van der Waals surface area (Å²) in [5.41, 5.74) is -1.58. The first kappa shape index (κ1) is 38.3. The molecule has 1 aromatic heterocycles. The number of carbonyl (C=O) groups excluding carboxylic acids is 3. The van der Waals surface area contributed by atoms with E-state index < -0.39 is 80.0 Å². The zero-order valence-electron chi connectivity index (χ0n) is 30.4. The molecule has 0 spiro atoms. The number of halogens is 1. The summed E-state index contributed by atoms with van der Waals surface area (Å²) in [6, 6.07) is 2.03. The monoisotopic (exact) mass is 757 g/mol. The first-order valence-electron chi connectivity index (χ1n) is 18.3. The fourth-order valence-corrected chi connectivity index (χ4v) is 8.93. The minimum atomic E-state index is -4.03. The Balaban J connectivity index is 1.35. The average Bonchev–Trinajstić information content (AvgIpc) is 3.98. The van der Waals surface area contributed by atoms with E-state index in [1.165, 1.54) is 23.2 Å². The number of fused-ring (bicyclic) bond motifs is 3. The highest BCUT2D eigenvalue weighted by Crippen LogP contribution is 2.47. The normalized spacial score (nSPS) is 30.5. The lowest BCUT2D eigenvalue weighted by Crippen LogP contribution is -2.59. The summed E-state index contributed by atoms with van der Waals surface area (Å²) >= 11 is 0. The molecule has 1 aromatic carbocycles. The number of hydrogen-bond acceptors (Lipinski definition) is 9. The number of nitrogens with one attached hydrogen (secondary N) is 3. The molecular formula is C37H48FN5O9S. The van der Waals surface area contributed by atoms with Crippen molar-refractivity contribution in [3.63, 3.8) is 0 Å². The van der Waals surface area contributed by atoms with E-state index >= 15 is 0 Å². The SMILES string of the molecule is CCOc1cc2ccnc(O[C@@H]3C[C@H]4C(=O)N[C@]5(C(=O)NS(=O)(=O)C6(C)CC6)C[C@H]5/C=C\CC[C@@H](C)C[C@@H](CC)[C@H](NC(=O)O)C(=O)N4C3)c2cc1F. The molecule has 2 saturated carbocycles. The van der Waals surface area contributed by atoms with Crippen LogP contribution in [0.1, 0.15) is 79.1 Å². The van der Waals surface area contributed by atoms with Gasteiger partial charge in [0.25, 0.3) is 5.91 Å². The van der Waals surface area contributed by atoms with E-state index in [4.69, 9.17) is 9.47 Å². The molecule has 0 unspecified atom stereocenters. The lowest BCUT2D eigenvalue weighted by Gasteiger charge is -2.33.